The van der Waals surface area contributed by atoms with E-state index in [9.17, 15) is 0 Å². The fraction of sp³-hybridized carbons (Fsp3) is 0.538. The Morgan fingerprint density at radius 2 is 1.79 bits per heavy atom. The predicted octanol–water partition coefficient (Wildman–Crippen LogP) is 3.04. The molecule has 1 aromatic rings. The number of aryl methyl sites for hydroxylation is 3. The van der Waals surface area contributed by atoms with Gasteiger partial charge in [-0.15, -0.1) is 0 Å². The molecule has 1 heterocycles. The lowest BCUT2D eigenvalue weighted by Crippen LogP contribution is -2.15. The van der Waals surface area contributed by atoms with Crippen molar-refractivity contribution in [3.63, 3.8) is 0 Å². The Hall–Kier alpha value is -0.820. The lowest BCUT2D eigenvalue weighted by Gasteiger charge is -2.17. The van der Waals surface area contributed by atoms with Gasteiger partial charge >= 0.3 is 0 Å². The molecule has 1 aliphatic rings. The molecule has 0 spiro atoms. The number of rotatable bonds is 1. The molecule has 0 aromatic heterocycles. The van der Waals surface area contributed by atoms with Crippen molar-refractivity contribution < 1.29 is 0 Å². The average Bonchev–Trinajstić information content (AvgIpc) is 2.54. The van der Waals surface area contributed by atoms with Gasteiger partial charge in [-0.05, 0) is 56.8 Å². The highest BCUT2D eigenvalue weighted by atomic mass is 14.9. The van der Waals surface area contributed by atoms with E-state index in [1.807, 2.05) is 0 Å². The smallest absolute Gasteiger partial charge is 0.0325 e. The van der Waals surface area contributed by atoms with Gasteiger partial charge < -0.3 is 5.32 Å². The van der Waals surface area contributed by atoms with Gasteiger partial charge in [0, 0.05) is 6.04 Å². The minimum atomic E-state index is 0.607. The van der Waals surface area contributed by atoms with E-state index in [2.05, 4.69) is 38.2 Å². The summed E-state index contributed by atoms with van der Waals surface area (Å²) in [6, 6.07) is 5.20. The molecule has 0 radical (unpaired) electrons. The van der Waals surface area contributed by atoms with Crippen LogP contribution >= 0.6 is 0 Å². The quantitative estimate of drug-likeness (QED) is 0.716. The maximum Gasteiger partial charge on any atom is 0.0325 e. The van der Waals surface area contributed by atoms with Crippen LogP contribution in [0.3, 0.4) is 0 Å². The normalized spacial score (nSPS) is 21.5. The van der Waals surface area contributed by atoms with Crippen LogP contribution in [0.1, 0.15) is 41.1 Å². The van der Waals surface area contributed by atoms with Crippen LogP contribution in [0.25, 0.3) is 0 Å². The molecule has 1 nitrogen and oxygen atoms in total. The first-order valence-electron chi connectivity index (χ1n) is 5.49. The van der Waals surface area contributed by atoms with Crippen molar-refractivity contribution in [1.29, 1.82) is 0 Å². The van der Waals surface area contributed by atoms with Gasteiger partial charge in [0.2, 0.25) is 0 Å². The topological polar surface area (TPSA) is 12.0 Å². The SMILES string of the molecule is Cc1cc(C)c([C@H]2CCCN2)c(C)c1. The summed E-state index contributed by atoms with van der Waals surface area (Å²) in [5, 5.41) is 3.57. The highest BCUT2D eigenvalue weighted by molar-refractivity contribution is 5.39. The van der Waals surface area contributed by atoms with E-state index in [-0.39, 0.29) is 0 Å². The predicted molar refractivity (Wildman–Crippen MR) is 60.6 cm³/mol. The second kappa shape index (κ2) is 3.74. The third-order valence-corrected chi connectivity index (χ3v) is 3.15. The largest absolute Gasteiger partial charge is 0.310 e. The van der Waals surface area contributed by atoms with Crippen LogP contribution in [0.2, 0.25) is 0 Å². The van der Waals surface area contributed by atoms with Gasteiger partial charge in [0.05, 0.1) is 0 Å². The average molecular weight is 189 g/mol. The fourth-order valence-corrected chi connectivity index (χ4v) is 2.67. The molecule has 0 amide bonds. The summed E-state index contributed by atoms with van der Waals surface area (Å²) in [5.74, 6) is 0. The molecular weight excluding hydrogens is 170 g/mol. The molecule has 1 N–H and O–H groups in total. The lowest BCUT2D eigenvalue weighted by molar-refractivity contribution is 0.639. The highest BCUT2D eigenvalue weighted by Gasteiger charge is 2.19. The molecule has 14 heavy (non-hydrogen) atoms. The van der Waals surface area contributed by atoms with Crippen LogP contribution in [-0.4, -0.2) is 6.54 Å². The molecule has 1 fully saturated rings. The maximum atomic E-state index is 3.57. The highest BCUT2D eigenvalue weighted by Crippen LogP contribution is 2.29. The molecule has 1 heteroatoms. The molecule has 2 rings (SSSR count). The van der Waals surface area contributed by atoms with E-state index in [0.29, 0.717) is 6.04 Å². The second-order valence-electron chi connectivity index (χ2n) is 4.46. The molecule has 1 aliphatic heterocycles. The van der Waals surface area contributed by atoms with E-state index in [1.54, 1.807) is 0 Å². The van der Waals surface area contributed by atoms with Crippen molar-refractivity contribution in [3.8, 4) is 0 Å². The summed E-state index contributed by atoms with van der Waals surface area (Å²) in [6.45, 7) is 7.81. The van der Waals surface area contributed by atoms with Crippen molar-refractivity contribution in [2.24, 2.45) is 0 Å². The number of nitrogens with one attached hydrogen (secondary N) is 1. The lowest BCUT2D eigenvalue weighted by atomic mass is 9.93. The Bertz CT molecular complexity index is 312. The molecule has 0 saturated carbocycles. The van der Waals surface area contributed by atoms with Crippen LogP contribution in [0, 0.1) is 20.8 Å². The van der Waals surface area contributed by atoms with Crippen molar-refractivity contribution in [2.45, 2.75) is 39.7 Å². The zero-order chi connectivity index (χ0) is 10.1. The molecular formula is C13H19N. The van der Waals surface area contributed by atoms with Gasteiger partial charge in [0.15, 0.2) is 0 Å². The Morgan fingerprint density at radius 1 is 1.14 bits per heavy atom. The van der Waals surface area contributed by atoms with Gasteiger partial charge in [0.25, 0.3) is 0 Å². The van der Waals surface area contributed by atoms with Gasteiger partial charge in [-0.1, -0.05) is 17.7 Å². The molecule has 0 unspecified atom stereocenters. The molecule has 76 valence electrons. The minimum Gasteiger partial charge on any atom is -0.310 e. The first-order chi connectivity index (χ1) is 6.68. The Morgan fingerprint density at radius 3 is 2.29 bits per heavy atom. The standard InChI is InChI=1S/C13H19N/c1-9-7-10(2)13(11(3)8-9)12-5-4-6-14-12/h7-8,12,14H,4-6H2,1-3H3/t12-/m1/s1. The van der Waals surface area contributed by atoms with Crippen LogP contribution < -0.4 is 5.32 Å². The maximum absolute atomic E-state index is 3.57. The summed E-state index contributed by atoms with van der Waals surface area (Å²) < 4.78 is 0. The van der Waals surface area contributed by atoms with E-state index >= 15 is 0 Å². The number of hydrogen-bond donors (Lipinski definition) is 1. The van der Waals surface area contributed by atoms with Crippen LogP contribution in [-0.2, 0) is 0 Å². The van der Waals surface area contributed by atoms with Crippen molar-refractivity contribution in [1.82, 2.24) is 5.32 Å². The Kier molecular flexibility index (Phi) is 2.60. The number of benzene rings is 1. The first kappa shape index (κ1) is 9.72. The zero-order valence-corrected chi connectivity index (χ0v) is 9.35. The van der Waals surface area contributed by atoms with Gasteiger partial charge in [-0.25, -0.2) is 0 Å². The van der Waals surface area contributed by atoms with Crippen LogP contribution in [0.4, 0.5) is 0 Å². The molecule has 1 atom stereocenters. The summed E-state index contributed by atoms with van der Waals surface area (Å²) in [7, 11) is 0. The third kappa shape index (κ3) is 1.69. The fourth-order valence-electron chi connectivity index (χ4n) is 2.67. The Balaban J connectivity index is 2.40. The summed E-state index contributed by atoms with van der Waals surface area (Å²) in [5.41, 5.74) is 5.80. The van der Waals surface area contributed by atoms with E-state index < -0.39 is 0 Å². The van der Waals surface area contributed by atoms with Crippen molar-refractivity contribution >= 4 is 0 Å². The van der Waals surface area contributed by atoms with E-state index in [1.165, 1.54) is 41.6 Å². The molecule has 1 saturated heterocycles. The first-order valence-corrected chi connectivity index (χ1v) is 5.49. The molecule has 0 bridgehead atoms. The summed E-state index contributed by atoms with van der Waals surface area (Å²) in [4.78, 5) is 0. The summed E-state index contributed by atoms with van der Waals surface area (Å²) in [6.07, 6.45) is 2.61. The monoisotopic (exact) mass is 189 g/mol. The summed E-state index contributed by atoms with van der Waals surface area (Å²) >= 11 is 0. The van der Waals surface area contributed by atoms with Gasteiger partial charge in [0.1, 0.15) is 0 Å². The van der Waals surface area contributed by atoms with Crippen LogP contribution in [0.15, 0.2) is 12.1 Å². The van der Waals surface area contributed by atoms with Gasteiger partial charge in [-0.2, -0.15) is 0 Å². The van der Waals surface area contributed by atoms with Crippen molar-refractivity contribution in [2.75, 3.05) is 6.54 Å². The van der Waals surface area contributed by atoms with E-state index in [0.717, 1.165) is 0 Å². The third-order valence-electron chi connectivity index (χ3n) is 3.15. The minimum absolute atomic E-state index is 0.607. The molecule has 0 aliphatic carbocycles. The van der Waals surface area contributed by atoms with E-state index in [4.69, 9.17) is 0 Å². The van der Waals surface area contributed by atoms with Crippen molar-refractivity contribution in [3.05, 3.63) is 34.4 Å². The number of hydrogen-bond acceptors (Lipinski definition) is 1. The zero-order valence-electron chi connectivity index (χ0n) is 9.35. The van der Waals surface area contributed by atoms with Crippen LogP contribution in [0.5, 0.6) is 0 Å². The van der Waals surface area contributed by atoms with Gasteiger partial charge in [-0.3, -0.25) is 0 Å². The second-order valence-corrected chi connectivity index (χ2v) is 4.46. The Labute approximate surface area is 86.5 Å². The molecule has 1 aromatic carbocycles.